The molecular weight excluding hydrogens is 319 g/mol. The van der Waals surface area contributed by atoms with Crippen molar-refractivity contribution in [3.8, 4) is 0 Å². The van der Waals surface area contributed by atoms with Crippen molar-refractivity contribution in [3.63, 3.8) is 0 Å². The minimum absolute atomic E-state index is 0. The zero-order chi connectivity index (χ0) is 16.2. The number of benzene rings is 2. The van der Waals surface area contributed by atoms with Crippen LogP contribution in [0, 0.1) is 0 Å². The smallest absolute Gasteiger partial charge is 0.744 e. The summed E-state index contributed by atoms with van der Waals surface area (Å²) in [5, 5.41) is 1.99. The summed E-state index contributed by atoms with van der Waals surface area (Å²) >= 11 is 0. The Morgan fingerprint density at radius 2 is 1.52 bits per heavy atom. The Hall–Kier alpha value is -0.390. The van der Waals surface area contributed by atoms with Gasteiger partial charge >= 0.3 is 29.6 Å². The van der Waals surface area contributed by atoms with E-state index in [0.29, 0.717) is 0 Å². The van der Waals surface area contributed by atoms with Crippen LogP contribution in [0.25, 0.3) is 10.8 Å². The van der Waals surface area contributed by atoms with Crippen molar-refractivity contribution in [2.75, 3.05) is 0 Å². The molecule has 0 heterocycles. The van der Waals surface area contributed by atoms with Crippen LogP contribution in [-0.2, 0) is 23.0 Å². The molecule has 23 heavy (non-hydrogen) atoms. The standard InChI is InChI=1S/C18H24O3S.Na/c1-3-5-8-14-10-7-11-17-15(9-6-4-2)12-16(13-18(14)17)22(19,20)21;/h7,10-13H,3-6,8-9H2,1-2H3,(H,19,20,21);/q;+1/p-1. The molecule has 0 unspecified atom stereocenters. The van der Waals surface area contributed by atoms with E-state index in [1.165, 1.54) is 0 Å². The van der Waals surface area contributed by atoms with Crippen molar-refractivity contribution in [1.29, 1.82) is 0 Å². The fourth-order valence-electron chi connectivity index (χ4n) is 2.80. The Kier molecular flexibility index (Phi) is 8.25. The predicted molar refractivity (Wildman–Crippen MR) is 89.1 cm³/mol. The number of hydrogen-bond donors (Lipinski definition) is 0. The Bertz CT molecular complexity index is 754. The summed E-state index contributed by atoms with van der Waals surface area (Å²) in [6.07, 6.45) is 5.86. The molecule has 0 saturated heterocycles. The normalized spacial score (nSPS) is 11.4. The summed E-state index contributed by atoms with van der Waals surface area (Å²) in [5.74, 6) is 0. The fraction of sp³-hybridized carbons (Fsp3) is 0.444. The molecule has 0 aliphatic rings. The molecule has 0 aliphatic carbocycles. The average molecular weight is 342 g/mol. The maximum atomic E-state index is 11.5. The second-order valence-corrected chi connectivity index (χ2v) is 7.14. The van der Waals surface area contributed by atoms with Crippen LogP contribution in [0.4, 0.5) is 0 Å². The predicted octanol–water partition coefficient (Wildman–Crippen LogP) is 1.43. The van der Waals surface area contributed by atoms with Crippen LogP contribution in [0.2, 0.25) is 0 Å². The van der Waals surface area contributed by atoms with Crippen molar-refractivity contribution < 1.29 is 42.5 Å². The summed E-state index contributed by atoms with van der Waals surface area (Å²) < 4.78 is 34.4. The minimum Gasteiger partial charge on any atom is -0.744 e. The molecule has 0 aromatic heterocycles. The molecular formula is C18H23NaO3S. The van der Waals surface area contributed by atoms with E-state index in [1.807, 2.05) is 18.2 Å². The third-order valence-corrected chi connectivity index (χ3v) is 4.85. The molecule has 120 valence electrons. The molecule has 0 amide bonds. The molecule has 0 saturated carbocycles. The summed E-state index contributed by atoms with van der Waals surface area (Å²) in [6.45, 7) is 4.23. The molecule has 3 nitrogen and oxygen atoms in total. The first-order valence-electron chi connectivity index (χ1n) is 7.97. The molecule has 0 spiro atoms. The van der Waals surface area contributed by atoms with Gasteiger partial charge in [-0.05, 0) is 59.7 Å². The van der Waals surface area contributed by atoms with Crippen molar-refractivity contribution in [2.24, 2.45) is 0 Å². The maximum absolute atomic E-state index is 11.5. The van der Waals surface area contributed by atoms with E-state index >= 15 is 0 Å². The number of hydrogen-bond acceptors (Lipinski definition) is 3. The quantitative estimate of drug-likeness (QED) is 0.565. The molecule has 5 heteroatoms. The van der Waals surface area contributed by atoms with Gasteiger partial charge in [0.05, 0.1) is 4.90 Å². The van der Waals surface area contributed by atoms with E-state index in [9.17, 15) is 13.0 Å². The number of rotatable bonds is 7. The third kappa shape index (κ3) is 5.30. The van der Waals surface area contributed by atoms with Crippen LogP contribution in [0.5, 0.6) is 0 Å². The zero-order valence-corrected chi connectivity index (χ0v) is 17.1. The van der Waals surface area contributed by atoms with Gasteiger partial charge in [-0.15, -0.1) is 0 Å². The van der Waals surface area contributed by atoms with Crippen molar-refractivity contribution in [2.45, 2.75) is 57.3 Å². The topological polar surface area (TPSA) is 57.2 Å². The van der Waals surface area contributed by atoms with Gasteiger partial charge in [0.1, 0.15) is 10.1 Å². The van der Waals surface area contributed by atoms with Crippen LogP contribution in [0.1, 0.15) is 50.7 Å². The van der Waals surface area contributed by atoms with Crippen LogP contribution >= 0.6 is 0 Å². The van der Waals surface area contributed by atoms with Gasteiger partial charge in [0, 0.05) is 0 Å². The maximum Gasteiger partial charge on any atom is 1.00 e. The van der Waals surface area contributed by atoms with Crippen LogP contribution in [-0.4, -0.2) is 13.0 Å². The molecule has 0 N–H and O–H groups in total. The monoisotopic (exact) mass is 342 g/mol. The van der Waals surface area contributed by atoms with E-state index in [-0.39, 0.29) is 34.5 Å². The fourth-order valence-corrected chi connectivity index (χ4v) is 3.35. The van der Waals surface area contributed by atoms with Gasteiger partial charge in [-0.25, -0.2) is 8.42 Å². The minimum atomic E-state index is -4.43. The van der Waals surface area contributed by atoms with E-state index in [2.05, 4.69) is 13.8 Å². The van der Waals surface area contributed by atoms with E-state index in [0.717, 1.165) is 60.4 Å². The Morgan fingerprint density at radius 1 is 0.913 bits per heavy atom. The summed E-state index contributed by atoms with van der Waals surface area (Å²) in [7, 11) is -4.43. The van der Waals surface area contributed by atoms with Crippen molar-refractivity contribution >= 4 is 20.9 Å². The van der Waals surface area contributed by atoms with E-state index in [1.54, 1.807) is 12.1 Å². The van der Waals surface area contributed by atoms with Gasteiger partial charge in [0.15, 0.2) is 0 Å². The number of fused-ring (bicyclic) bond motifs is 1. The molecule has 2 rings (SSSR count). The number of aryl methyl sites for hydroxylation is 2. The van der Waals surface area contributed by atoms with E-state index in [4.69, 9.17) is 0 Å². The molecule has 2 aromatic carbocycles. The Labute approximate surface area is 161 Å². The van der Waals surface area contributed by atoms with Crippen molar-refractivity contribution in [1.82, 2.24) is 0 Å². The van der Waals surface area contributed by atoms with Gasteiger partial charge < -0.3 is 4.55 Å². The first kappa shape index (κ1) is 20.7. The molecule has 0 aliphatic heterocycles. The summed E-state index contributed by atoms with van der Waals surface area (Å²) in [4.78, 5) is -0.102. The van der Waals surface area contributed by atoms with Gasteiger partial charge in [-0.3, -0.25) is 0 Å². The Balaban J connectivity index is 0.00000264. The SMILES string of the molecule is CCCCc1cc(S(=O)(=O)[O-])cc2c(CCCC)cccc12.[Na+]. The average Bonchev–Trinajstić information content (AvgIpc) is 2.49. The van der Waals surface area contributed by atoms with Crippen LogP contribution < -0.4 is 29.6 Å². The first-order valence-corrected chi connectivity index (χ1v) is 9.38. The van der Waals surface area contributed by atoms with Gasteiger partial charge in [0.2, 0.25) is 0 Å². The second kappa shape index (κ2) is 9.19. The molecule has 0 atom stereocenters. The second-order valence-electron chi connectivity index (χ2n) is 5.76. The first-order chi connectivity index (χ1) is 10.5. The van der Waals surface area contributed by atoms with Gasteiger partial charge in [-0.2, -0.15) is 0 Å². The number of unbranched alkanes of at least 4 members (excludes halogenated alkanes) is 2. The van der Waals surface area contributed by atoms with Crippen molar-refractivity contribution in [3.05, 3.63) is 41.5 Å². The molecule has 0 bridgehead atoms. The molecule has 2 aromatic rings. The van der Waals surface area contributed by atoms with E-state index < -0.39 is 10.1 Å². The largest absolute Gasteiger partial charge is 1.00 e. The summed E-state index contributed by atoms with van der Waals surface area (Å²) in [5.41, 5.74) is 2.09. The summed E-state index contributed by atoms with van der Waals surface area (Å²) in [6, 6.07) is 9.19. The zero-order valence-electron chi connectivity index (χ0n) is 14.3. The molecule has 0 radical (unpaired) electrons. The van der Waals surface area contributed by atoms with Crippen LogP contribution in [0.3, 0.4) is 0 Å². The Morgan fingerprint density at radius 3 is 2.09 bits per heavy atom. The third-order valence-electron chi connectivity index (χ3n) is 4.03. The van der Waals surface area contributed by atoms with Crippen LogP contribution in [0.15, 0.2) is 35.2 Å². The molecule has 0 fully saturated rings. The van der Waals surface area contributed by atoms with Gasteiger partial charge in [-0.1, -0.05) is 44.9 Å². The van der Waals surface area contributed by atoms with Gasteiger partial charge in [0.25, 0.3) is 0 Å².